The number of aromatic nitrogens is 1. The first-order valence-corrected chi connectivity index (χ1v) is 9.13. The summed E-state index contributed by atoms with van der Waals surface area (Å²) < 4.78 is 0. The number of carbonyl (C=O) groups is 1. The maximum absolute atomic E-state index is 11.6. The van der Waals surface area contributed by atoms with Crippen molar-refractivity contribution < 1.29 is 4.79 Å². The van der Waals surface area contributed by atoms with Gasteiger partial charge in [-0.25, -0.2) is 4.98 Å². The lowest BCUT2D eigenvalue weighted by Crippen LogP contribution is -2.08. The molecular weight excluding hydrogens is 383 g/mol. The van der Waals surface area contributed by atoms with E-state index in [1.54, 1.807) is 30.3 Å². The summed E-state index contributed by atoms with van der Waals surface area (Å²) in [5.41, 5.74) is 16.5. The first-order valence-electron chi connectivity index (χ1n) is 8.22. The Morgan fingerprint density at radius 2 is 1.70 bits per heavy atom. The number of Topliss-reactive ketones (excluding diaryl/α,β-unsaturated/α-hetero) is 1. The average Bonchev–Trinajstić information content (AvgIpc) is 2.67. The molecule has 138 valence electrons. The highest BCUT2D eigenvalue weighted by molar-refractivity contribution is 6.30. The number of benzene rings is 2. The summed E-state index contributed by atoms with van der Waals surface area (Å²) in [5, 5.41) is 3.92. The normalized spacial score (nSPS) is 10.6. The molecule has 0 atom stereocenters. The maximum atomic E-state index is 11.6. The van der Waals surface area contributed by atoms with Crippen LogP contribution in [-0.4, -0.2) is 16.6 Å². The van der Waals surface area contributed by atoms with Crippen LogP contribution in [0.5, 0.6) is 0 Å². The monoisotopic (exact) mass is 400 g/mol. The fraction of sp³-hybridized carbons (Fsp3) is 0.100. The Bertz CT molecular complexity index is 957. The summed E-state index contributed by atoms with van der Waals surface area (Å²) in [5.74, 6) is 0.201. The standard InChI is InChI=1S/C20H18Cl2N4O/c21-10-18(27)12-3-7-15(8-4-12)25-11-17-20(16(23)9-19(24)26-17)13-1-5-14(22)6-2-13/h1-9,25H,10-11H2,(H4,23,24,26). The smallest absolute Gasteiger partial charge is 0.177 e. The van der Waals surface area contributed by atoms with Gasteiger partial charge in [0, 0.05) is 33.6 Å². The largest absolute Gasteiger partial charge is 0.398 e. The molecule has 7 heteroatoms. The maximum Gasteiger partial charge on any atom is 0.177 e. The van der Waals surface area contributed by atoms with Gasteiger partial charge in [-0.2, -0.15) is 0 Å². The average molecular weight is 401 g/mol. The molecule has 0 unspecified atom stereocenters. The highest BCUT2D eigenvalue weighted by Crippen LogP contribution is 2.31. The lowest BCUT2D eigenvalue weighted by molar-refractivity contribution is 0.102. The zero-order chi connectivity index (χ0) is 19.4. The number of anilines is 3. The number of hydrogen-bond donors (Lipinski definition) is 3. The number of nitrogens with one attached hydrogen (secondary N) is 1. The fourth-order valence-electron chi connectivity index (χ4n) is 2.76. The summed E-state index contributed by atoms with van der Waals surface area (Å²) in [6, 6.07) is 16.1. The number of hydrogen-bond acceptors (Lipinski definition) is 5. The van der Waals surface area contributed by atoms with Gasteiger partial charge in [-0.05, 0) is 42.0 Å². The number of alkyl halides is 1. The minimum absolute atomic E-state index is 0.0380. The summed E-state index contributed by atoms with van der Waals surface area (Å²) in [6.45, 7) is 0.413. The van der Waals surface area contributed by atoms with Crippen molar-refractivity contribution in [1.29, 1.82) is 0 Å². The second kappa shape index (κ2) is 8.29. The van der Waals surface area contributed by atoms with Crippen LogP contribution in [0.1, 0.15) is 16.1 Å². The molecule has 0 aliphatic rings. The van der Waals surface area contributed by atoms with Crippen LogP contribution >= 0.6 is 23.2 Å². The summed E-state index contributed by atoms with van der Waals surface area (Å²) >= 11 is 11.6. The molecular formula is C20H18Cl2N4O. The van der Waals surface area contributed by atoms with E-state index in [1.807, 2.05) is 24.3 Å². The summed E-state index contributed by atoms with van der Waals surface area (Å²) in [6.07, 6.45) is 0. The molecule has 0 amide bonds. The number of nitrogens with two attached hydrogens (primary N) is 2. The van der Waals surface area contributed by atoms with Crippen LogP contribution in [0.25, 0.3) is 11.1 Å². The SMILES string of the molecule is Nc1cc(N)c(-c2ccc(Cl)cc2)c(CNc2ccc(C(=O)CCl)cc2)n1. The van der Waals surface area contributed by atoms with E-state index in [2.05, 4.69) is 10.3 Å². The van der Waals surface area contributed by atoms with Crippen molar-refractivity contribution in [3.05, 3.63) is 70.9 Å². The Morgan fingerprint density at radius 1 is 1.04 bits per heavy atom. The van der Waals surface area contributed by atoms with E-state index in [9.17, 15) is 4.79 Å². The van der Waals surface area contributed by atoms with E-state index in [-0.39, 0.29) is 11.7 Å². The van der Waals surface area contributed by atoms with Crippen molar-refractivity contribution in [2.75, 3.05) is 22.7 Å². The number of halogens is 2. The second-order valence-corrected chi connectivity index (χ2v) is 6.66. The molecule has 0 saturated heterocycles. The van der Waals surface area contributed by atoms with Crippen LogP contribution in [-0.2, 0) is 6.54 Å². The summed E-state index contributed by atoms with van der Waals surface area (Å²) in [7, 11) is 0. The lowest BCUT2D eigenvalue weighted by atomic mass is 10.0. The predicted octanol–water partition coefficient (Wildman–Crippen LogP) is 4.60. The van der Waals surface area contributed by atoms with Gasteiger partial charge < -0.3 is 16.8 Å². The number of ketones is 1. The van der Waals surface area contributed by atoms with Crippen molar-refractivity contribution in [3.8, 4) is 11.1 Å². The highest BCUT2D eigenvalue weighted by Gasteiger charge is 2.12. The number of pyridine rings is 1. The molecule has 3 aromatic rings. The van der Waals surface area contributed by atoms with E-state index in [0.717, 1.165) is 22.5 Å². The van der Waals surface area contributed by atoms with Gasteiger partial charge in [0.2, 0.25) is 0 Å². The predicted molar refractivity (Wildman–Crippen MR) is 112 cm³/mol. The molecule has 0 aliphatic carbocycles. The highest BCUT2D eigenvalue weighted by atomic mass is 35.5. The van der Waals surface area contributed by atoms with Gasteiger partial charge in [-0.15, -0.1) is 11.6 Å². The van der Waals surface area contributed by atoms with Gasteiger partial charge in [0.05, 0.1) is 18.1 Å². The first-order chi connectivity index (χ1) is 13.0. The number of carbonyl (C=O) groups excluding carboxylic acids is 1. The zero-order valence-corrected chi connectivity index (χ0v) is 15.9. The Labute approximate surface area is 167 Å². The molecule has 3 rings (SSSR count). The van der Waals surface area contributed by atoms with Gasteiger partial charge in [-0.3, -0.25) is 4.79 Å². The molecule has 0 radical (unpaired) electrons. The Kier molecular flexibility index (Phi) is 5.84. The van der Waals surface area contributed by atoms with Crippen molar-refractivity contribution in [3.63, 3.8) is 0 Å². The van der Waals surface area contributed by atoms with Crippen LogP contribution in [0.4, 0.5) is 17.2 Å². The molecule has 2 aromatic carbocycles. The minimum Gasteiger partial charge on any atom is -0.398 e. The van der Waals surface area contributed by atoms with Crippen LogP contribution in [0.15, 0.2) is 54.6 Å². The van der Waals surface area contributed by atoms with Crippen LogP contribution in [0, 0.1) is 0 Å². The summed E-state index contributed by atoms with van der Waals surface area (Å²) in [4.78, 5) is 16.0. The minimum atomic E-state index is -0.112. The van der Waals surface area contributed by atoms with Crippen molar-refractivity contribution >= 4 is 46.2 Å². The number of nitrogen functional groups attached to an aromatic ring is 2. The quantitative estimate of drug-likeness (QED) is 0.415. The van der Waals surface area contributed by atoms with Crippen LogP contribution in [0.2, 0.25) is 5.02 Å². The third-order valence-electron chi connectivity index (χ3n) is 4.07. The molecule has 0 saturated carbocycles. The van der Waals surface area contributed by atoms with Gasteiger partial charge in [0.15, 0.2) is 5.78 Å². The molecule has 5 nitrogen and oxygen atoms in total. The second-order valence-electron chi connectivity index (χ2n) is 5.95. The molecule has 0 aliphatic heterocycles. The molecule has 0 bridgehead atoms. The van der Waals surface area contributed by atoms with E-state index in [0.29, 0.717) is 28.6 Å². The van der Waals surface area contributed by atoms with Crippen molar-refractivity contribution in [2.45, 2.75) is 6.54 Å². The van der Waals surface area contributed by atoms with E-state index in [1.165, 1.54) is 0 Å². The van der Waals surface area contributed by atoms with E-state index in [4.69, 9.17) is 34.7 Å². The number of nitrogens with zero attached hydrogens (tertiary/aromatic N) is 1. The van der Waals surface area contributed by atoms with Gasteiger partial charge >= 0.3 is 0 Å². The Balaban J connectivity index is 1.86. The fourth-order valence-corrected chi connectivity index (χ4v) is 3.04. The Morgan fingerprint density at radius 3 is 2.33 bits per heavy atom. The third-order valence-corrected chi connectivity index (χ3v) is 4.56. The van der Waals surface area contributed by atoms with Crippen LogP contribution < -0.4 is 16.8 Å². The Hall–Kier alpha value is -2.76. The van der Waals surface area contributed by atoms with Crippen LogP contribution in [0.3, 0.4) is 0 Å². The molecule has 0 fully saturated rings. The number of rotatable bonds is 6. The van der Waals surface area contributed by atoms with E-state index >= 15 is 0 Å². The zero-order valence-electron chi connectivity index (χ0n) is 14.4. The van der Waals surface area contributed by atoms with Crippen molar-refractivity contribution in [1.82, 2.24) is 4.98 Å². The molecule has 0 spiro atoms. The van der Waals surface area contributed by atoms with Gasteiger partial charge in [0.1, 0.15) is 5.82 Å². The lowest BCUT2D eigenvalue weighted by Gasteiger charge is -2.14. The van der Waals surface area contributed by atoms with Gasteiger partial charge in [0.25, 0.3) is 0 Å². The molecule has 27 heavy (non-hydrogen) atoms. The van der Waals surface area contributed by atoms with Crippen molar-refractivity contribution in [2.24, 2.45) is 0 Å². The van der Waals surface area contributed by atoms with E-state index < -0.39 is 0 Å². The molecule has 5 N–H and O–H groups in total. The molecule has 1 heterocycles. The molecule has 1 aromatic heterocycles. The third kappa shape index (κ3) is 4.51. The van der Waals surface area contributed by atoms with Gasteiger partial charge in [-0.1, -0.05) is 23.7 Å². The first kappa shape index (κ1) is 19.0. The topological polar surface area (TPSA) is 94.0 Å².